The lowest BCUT2D eigenvalue weighted by atomic mass is 10.1. The Hall–Kier alpha value is -3.60. The number of carbonyl (C=O) groups excluding carboxylic acids is 2. The van der Waals surface area contributed by atoms with Crippen LogP contribution in [0.4, 0.5) is 0 Å². The molecule has 1 N–H and O–H groups in total. The minimum atomic E-state index is -0.580. The Morgan fingerprint density at radius 1 is 0.938 bits per heavy atom. The topological polar surface area (TPSA) is 58.6 Å². The second kappa shape index (κ2) is 9.69. The number of rotatable bonds is 8. The SMILES string of the molecule is CNC(=O)c1ccc(CN(C(=O)[C@@H](C)Oc2ccc(-c3ccccc3)cc2)C2CC2)cc1. The first-order valence-electron chi connectivity index (χ1n) is 11.0. The number of benzene rings is 3. The maximum atomic E-state index is 13.2. The summed E-state index contributed by atoms with van der Waals surface area (Å²) in [6.45, 7) is 2.32. The van der Waals surface area contributed by atoms with E-state index in [-0.39, 0.29) is 17.9 Å². The minimum Gasteiger partial charge on any atom is -0.481 e. The lowest BCUT2D eigenvalue weighted by molar-refractivity contribution is -0.139. The Labute approximate surface area is 189 Å². The summed E-state index contributed by atoms with van der Waals surface area (Å²) in [7, 11) is 1.61. The molecule has 2 amide bonds. The highest BCUT2D eigenvalue weighted by molar-refractivity contribution is 5.94. The summed E-state index contributed by atoms with van der Waals surface area (Å²) in [5.41, 5.74) is 3.86. The number of nitrogens with zero attached hydrogens (tertiary/aromatic N) is 1. The zero-order valence-electron chi connectivity index (χ0n) is 18.5. The quantitative estimate of drug-likeness (QED) is 0.567. The van der Waals surface area contributed by atoms with Crippen molar-refractivity contribution in [2.24, 2.45) is 0 Å². The lowest BCUT2D eigenvalue weighted by Crippen LogP contribution is -2.41. The van der Waals surface area contributed by atoms with Crippen LogP contribution in [0.1, 0.15) is 35.7 Å². The van der Waals surface area contributed by atoms with Crippen molar-refractivity contribution in [2.45, 2.75) is 38.5 Å². The maximum absolute atomic E-state index is 13.2. The van der Waals surface area contributed by atoms with E-state index in [1.54, 1.807) is 26.1 Å². The van der Waals surface area contributed by atoms with E-state index in [0.717, 1.165) is 29.5 Å². The molecule has 3 aromatic carbocycles. The van der Waals surface area contributed by atoms with Crippen molar-refractivity contribution in [3.8, 4) is 16.9 Å². The van der Waals surface area contributed by atoms with E-state index in [1.165, 1.54) is 0 Å². The van der Waals surface area contributed by atoms with E-state index < -0.39 is 6.10 Å². The van der Waals surface area contributed by atoms with Crippen molar-refractivity contribution in [3.63, 3.8) is 0 Å². The molecular formula is C27H28N2O3. The van der Waals surface area contributed by atoms with Crippen molar-refractivity contribution >= 4 is 11.8 Å². The molecule has 1 saturated carbocycles. The van der Waals surface area contributed by atoms with Crippen LogP contribution in [0, 0.1) is 0 Å². The van der Waals surface area contributed by atoms with Gasteiger partial charge in [-0.2, -0.15) is 0 Å². The highest BCUT2D eigenvalue weighted by Gasteiger charge is 2.35. The van der Waals surface area contributed by atoms with Crippen LogP contribution in [-0.4, -0.2) is 35.9 Å². The molecule has 5 heteroatoms. The summed E-state index contributed by atoms with van der Waals surface area (Å²) >= 11 is 0. The number of nitrogens with one attached hydrogen (secondary N) is 1. The summed E-state index contributed by atoms with van der Waals surface area (Å²) in [5, 5.41) is 2.62. The van der Waals surface area contributed by atoms with E-state index in [4.69, 9.17) is 4.74 Å². The molecule has 0 heterocycles. The standard InChI is InChI=1S/C27H28N2O3/c1-19(32-25-16-12-22(13-17-25)21-6-4-3-5-7-21)27(31)29(24-14-15-24)18-20-8-10-23(11-9-20)26(30)28-2/h3-13,16-17,19,24H,14-15,18H2,1-2H3,(H,28,30)/t19-/m1/s1. The van der Waals surface area contributed by atoms with Crippen molar-refractivity contribution < 1.29 is 14.3 Å². The van der Waals surface area contributed by atoms with Crippen LogP contribution < -0.4 is 10.1 Å². The van der Waals surface area contributed by atoms with Crippen LogP contribution >= 0.6 is 0 Å². The predicted molar refractivity (Wildman–Crippen MR) is 125 cm³/mol. The van der Waals surface area contributed by atoms with Gasteiger partial charge in [-0.15, -0.1) is 0 Å². The van der Waals surface area contributed by atoms with E-state index in [1.807, 2.05) is 59.5 Å². The molecule has 5 nitrogen and oxygen atoms in total. The van der Waals surface area contributed by atoms with E-state index in [9.17, 15) is 9.59 Å². The Morgan fingerprint density at radius 2 is 1.56 bits per heavy atom. The van der Waals surface area contributed by atoms with Crippen LogP contribution in [0.15, 0.2) is 78.9 Å². The van der Waals surface area contributed by atoms with Gasteiger partial charge in [0.05, 0.1) is 0 Å². The molecule has 1 fully saturated rings. The highest BCUT2D eigenvalue weighted by Crippen LogP contribution is 2.30. The van der Waals surface area contributed by atoms with Crippen LogP contribution in [0.25, 0.3) is 11.1 Å². The molecule has 1 aliphatic carbocycles. The van der Waals surface area contributed by atoms with Gasteiger partial charge in [0.2, 0.25) is 0 Å². The zero-order valence-corrected chi connectivity index (χ0v) is 18.5. The molecule has 0 radical (unpaired) electrons. The smallest absolute Gasteiger partial charge is 0.263 e. The summed E-state index contributed by atoms with van der Waals surface area (Å²) in [6.07, 6.45) is 1.45. The Bertz CT molecular complexity index is 1060. The van der Waals surface area contributed by atoms with Gasteiger partial charge in [-0.25, -0.2) is 0 Å². The monoisotopic (exact) mass is 428 g/mol. The minimum absolute atomic E-state index is 0.0185. The summed E-state index contributed by atoms with van der Waals surface area (Å²) in [6, 6.07) is 25.6. The second-order valence-electron chi connectivity index (χ2n) is 8.12. The van der Waals surface area contributed by atoms with Crippen LogP contribution in [0.2, 0.25) is 0 Å². The summed E-state index contributed by atoms with van der Waals surface area (Å²) in [4.78, 5) is 26.8. The predicted octanol–water partition coefficient (Wildman–Crippen LogP) is 4.67. The molecule has 0 saturated heterocycles. The second-order valence-corrected chi connectivity index (χ2v) is 8.12. The van der Waals surface area contributed by atoms with Gasteiger partial charge in [0, 0.05) is 25.2 Å². The van der Waals surface area contributed by atoms with E-state index in [2.05, 4.69) is 17.4 Å². The van der Waals surface area contributed by atoms with Gasteiger partial charge in [-0.05, 0) is 60.7 Å². The summed E-state index contributed by atoms with van der Waals surface area (Å²) in [5.74, 6) is 0.540. The molecule has 0 aliphatic heterocycles. The van der Waals surface area contributed by atoms with E-state index >= 15 is 0 Å². The Morgan fingerprint density at radius 3 is 2.16 bits per heavy atom. The van der Waals surface area contributed by atoms with Gasteiger partial charge in [0.15, 0.2) is 6.10 Å². The first-order valence-corrected chi connectivity index (χ1v) is 11.0. The van der Waals surface area contributed by atoms with Crippen molar-refractivity contribution in [1.29, 1.82) is 0 Å². The van der Waals surface area contributed by atoms with Gasteiger partial charge in [0.1, 0.15) is 5.75 Å². The Kier molecular flexibility index (Phi) is 6.55. The third kappa shape index (κ3) is 5.17. The number of carbonyl (C=O) groups is 2. The number of hydrogen-bond acceptors (Lipinski definition) is 3. The number of amides is 2. The molecule has 0 aromatic heterocycles. The van der Waals surface area contributed by atoms with Gasteiger partial charge in [-0.1, -0.05) is 54.6 Å². The Balaban J connectivity index is 1.40. The van der Waals surface area contributed by atoms with Gasteiger partial charge in [-0.3, -0.25) is 9.59 Å². The number of ether oxygens (including phenoxy) is 1. The fourth-order valence-electron chi connectivity index (χ4n) is 3.72. The van der Waals surface area contributed by atoms with Crippen molar-refractivity contribution in [3.05, 3.63) is 90.0 Å². The first kappa shape index (κ1) is 21.6. The molecule has 1 aliphatic rings. The normalized spacial score (nSPS) is 13.8. The molecule has 4 rings (SSSR count). The third-order valence-electron chi connectivity index (χ3n) is 5.69. The fourth-order valence-corrected chi connectivity index (χ4v) is 3.72. The molecule has 0 bridgehead atoms. The highest BCUT2D eigenvalue weighted by atomic mass is 16.5. The van der Waals surface area contributed by atoms with E-state index in [0.29, 0.717) is 17.9 Å². The van der Waals surface area contributed by atoms with Crippen molar-refractivity contribution in [1.82, 2.24) is 10.2 Å². The third-order valence-corrected chi connectivity index (χ3v) is 5.69. The zero-order chi connectivity index (χ0) is 22.5. The van der Waals surface area contributed by atoms with Crippen LogP contribution in [0.5, 0.6) is 5.75 Å². The summed E-state index contributed by atoms with van der Waals surface area (Å²) < 4.78 is 5.98. The average Bonchev–Trinajstić information content (AvgIpc) is 3.68. The molecular weight excluding hydrogens is 400 g/mol. The molecule has 0 unspecified atom stereocenters. The maximum Gasteiger partial charge on any atom is 0.263 e. The molecule has 32 heavy (non-hydrogen) atoms. The van der Waals surface area contributed by atoms with Crippen LogP contribution in [0.3, 0.4) is 0 Å². The molecule has 0 spiro atoms. The molecule has 3 aromatic rings. The first-order chi connectivity index (χ1) is 15.5. The largest absolute Gasteiger partial charge is 0.481 e. The van der Waals surface area contributed by atoms with Gasteiger partial charge < -0.3 is 15.0 Å². The van der Waals surface area contributed by atoms with Crippen LogP contribution in [-0.2, 0) is 11.3 Å². The van der Waals surface area contributed by atoms with Gasteiger partial charge in [0.25, 0.3) is 11.8 Å². The molecule has 1 atom stereocenters. The van der Waals surface area contributed by atoms with Gasteiger partial charge >= 0.3 is 0 Å². The average molecular weight is 429 g/mol. The number of hydrogen-bond donors (Lipinski definition) is 1. The lowest BCUT2D eigenvalue weighted by Gasteiger charge is -2.26. The van der Waals surface area contributed by atoms with Crippen molar-refractivity contribution in [2.75, 3.05) is 7.05 Å². The molecule has 164 valence electrons. The fraction of sp³-hybridized carbons (Fsp3) is 0.259.